The first-order valence-corrected chi connectivity index (χ1v) is 10.5. The lowest BCUT2D eigenvalue weighted by molar-refractivity contribution is -0.137. The molecule has 0 radical (unpaired) electrons. The number of aromatic nitrogens is 1. The fourth-order valence-corrected chi connectivity index (χ4v) is 4.23. The molecule has 0 aliphatic rings. The van der Waals surface area contributed by atoms with Crippen LogP contribution in [0, 0.1) is 0 Å². The average Bonchev–Trinajstić information content (AvgIpc) is 3.21. The van der Waals surface area contributed by atoms with Crippen molar-refractivity contribution in [1.29, 1.82) is 0 Å². The van der Waals surface area contributed by atoms with Crippen molar-refractivity contribution in [2.75, 3.05) is 13.7 Å². The molecule has 2 aromatic carbocycles. The molecule has 0 spiro atoms. The molecule has 0 aliphatic heterocycles. The lowest BCUT2D eigenvalue weighted by Crippen LogP contribution is -2.31. The highest BCUT2D eigenvalue weighted by atomic mass is 32.2. The minimum absolute atomic E-state index is 0.122. The number of rotatable bonds is 8. The van der Waals surface area contributed by atoms with Crippen LogP contribution in [-0.4, -0.2) is 31.4 Å². The van der Waals surface area contributed by atoms with Gasteiger partial charge in [0, 0.05) is 12.1 Å². The number of benzene rings is 2. The maximum Gasteiger partial charge on any atom is 0.416 e. The van der Waals surface area contributed by atoms with Crippen molar-refractivity contribution >= 4 is 10.0 Å². The molecule has 0 N–H and O–H groups in total. The van der Waals surface area contributed by atoms with Crippen molar-refractivity contribution in [1.82, 2.24) is 9.29 Å². The maximum atomic E-state index is 13.0. The van der Waals surface area contributed by atoms with E-state index >= 15 is 0 Å². The smallest absolute Gasteiger partial charge is 0.416 e. The number of methoxy groups -OCH3 is 1. The van der Waals surface area contributed by atoms with Crippen LogP contribution < -0.4 is 4.74 Å². The Morgan fingerprint density at radius 2 is 1.90 bits per heavy atom. The minimum atomic E-state index is -4.66. The molecular weight excluding hydrogens is 433 g/mol. The number of nitrogens with zero attached hydrogens (tertiary/aromatic N) is 2. The summed E-state index contributed by atoms with van der Waals surface area (Å²) < 4.78 is 76.5. The van der Waals surface area contributed by atoms with Crippen molar-refractivity contribution in [2.45, 2.75) is 17.6 Å². The zero-order chi connectivity index (χ0) is 22.6. The van der Waals surface area contributed by atoms with E-state index in [4.69, 9.17) is 9.15 Å². The topological polar surface area (TPSA) is 72.6 Å². The minimum Gasteiger partial charge on any atom is -0.497 e. The molecule has 0 fully saturated rings. The van der Waals surface area contributed by atoms with Gasteiger partial charge < -0.3 is 9.15 Å². The molecule has 0 unspecified atom stereocenters. The molecular formula is C21H19F3N2O4S. The Morgan fingerprint density at radius 3 is 2.52 bits per heavy atom. The zero-order valence-corrected chi connectivity index (χ0v) is 17.3. The van der Waals surface area contributed by atoms with Crippen LogP contribution in [0.25, 0.3) is 11.5 Å². The van der Waals surface area contributed by atoms with Crippen LogP contribution in [0.1, 0.15) is 11.3 Å². The Labute approximate surface area is 177 Å². The average molecular weight is 452 g/mol. The normalized spacial score (nSPS) is 12.2. The third kappa shape index (κ3) is 5.15. The van der Waals surface area contributed by atoms with Crippen LogP contribution in [-0.2, 0) is 22.7 Å². The molecule has 6 nitrogen and oxygen atoms in total. The molecule has 0 atom stereocenters. The highest BCUT2D eigenvalue weighted by Gasteiger charge is 2.33. The fraction of sp³-hybridized carbons (Fsp3) is 0.190. The third-order valence-corrected chi connectivity index (χ3v) is 6.17. The van der Waals surface area contributed by atoms with Gasteiger partial charge in [0.1, 0.15) is 12.0 Å². The molecule has 0 aliphatic carbocycles. The third-order valence-electron chi connectivity index (χ3n) is 4.36. The maximum absolute atomic E-state index is 13.0. The number of hydrogen-bond acceptors (Lipinski definition) is 5. The van der Waals surface area contributed by atoms with E-state index in [-0.39, 0.29) is 19.0 Å². The van der Waals surface area contributed by atoms with Gasteiger partial charge in [-0.25, -0.2) is 13.4 Å². The Morgan fingerprint density at radius 1 is 1.19 bits per heavy atom. The summed E-state index contributed by atoms with van der Waals surface area (Å²) in [5, 5.41) is 0. The van der Waals surface area contributed by atoms with Gasteiger partial charge in [0.05, 0.1) is 29.8 Å². The molecule has 0 bridgehead atoms. The molecule has 1 heterocycles. The second-order valence-corrected chi connectivity index (χ2v) is 8.42. The van der Waals surface area contributed by atoms with Crippen molar-refractivity contribution in [3.05, 3.63) is 78.7 Å². The molecule has 0 saturated heterocycles. The summed E-state index contributed by atoms with van der Waals surface area (Å²) in [4.78, 5) is 3.82. The zero-order valence-electron chi connectivity index (χ0n) is 16.5. The largest absolute Gasteiger partial charge is 0.497 e. The Balaban J connectivity index is 1.87. The number of hydrogen-bond donors (Lipinski definition) is 0. The number of ether oxygens (including phenoxy) is 1. The van der Waals surface area contributed by atoms with Gasteiger partial charge in [-0.15, -0.1) is 6.58 Å². The highest BCUT2D eigenvalue weighted by Crippen LogP contribution is 2.31. The van der Waals surface area contributed by atoms with E-state index in [1.807, 2.05) is 0 Å². The molecule has 164 valence electrons. The second-order valence-electron chi connectivity index (χ2n) is 6.48. The first-order chi connectivity index (χ1) is 14.6. The lowest BCUT2D eigenvalue weighted by atomic mass is 10.2. The molecule has 1 aromatic heterocycles. The number of sulfonamides is 1. The van der Waals surface area contributed by atoms with E-state index in [0.717, 1.165) is 22.5 Å². The predicted octanol–water partition coefficient (Wildman–Crippen LogP) is 4.75. The van der Waals surface area contributed by atoms with Crippen LogP contribution in [0.2, 0.25) is 0 Å². The molecule has 0 saturated carbocycles. The van der Waals surface area contributed by atoms with Crippen molar-refractivity contribution < 1.29 is 30.7 Å². The van der Waals surface area contributed by atoms with Gasteiger partial charge in [-0.05, 0) is 42.5 Å². The van der Waals surface area contributed by atoms with Crippen LogP contribution in [0.15, 0.2) is 76.8 Å². The van der Waals surface area contributed by atoms with Crippen LogP contribution >= 0.6 is 0 Å². The quantitative estimate of drug-likeness (QED) is 0.462. The van der Waals surface area contributed by atoms with Gasteiger partial charge in [0.25, 0.3) is 0 Å². The van der Waals surface area contributed by atoms with Crippen LogP contribution in [0.5, 0.6) is 5.75 Å². The Hall–Kier alpha value is -3.11. The molecule has 31 heavy (non-hydrogen) atoms. The molecule has 3 rings (SSSR count). The van der Waals surface area contributed by atoms with Crippen LogP contribution in [0.3, 0.4) is 0 Å². The Kier molecular flexibility index (Phi) is 6.51. The summed E-state index contributed by atoms with van der Waals surface area (Å²) in [7, 11) is -2.71. The molecule has 10 heteroatoms. The monoisotopic (exact) mass is 452 g/mol. The van der Waals surface area contributed by atoms with Gasteiger partial charge >= 0.3 is 6.18 Å². The van der Waals surface area contributed by atoms with E-state index in [0.29, 0.717) is 23.1 Å². The predicted molar refractivity (Wildman–Crippen MR) is 108 cm³/mol. The van der Waals surface area contributed by atoms with Gasteiger partial charge in [-0.2, -0.15) is 17.5 Å². The number of oxazole rings is 1. The SMILES string of the molecule is C=CCN(Cc1coc(-c2ccc(OC)cc2)n1)S(=O)(=O)c1cccc(C(F)(F)F)c1. The molecule has 0 amide bonds. The summed E-state index contributed by atoms with van der Waals surface area (Å²) in [6.07, 6.45) is -2.01. The standard InChI is InChI=1S/C21H19F3N2O4S/c1-3-11-26(31(27,28)19-6-4-5-16(12-19)21(22,23)24)13-17-14-30-20(25-17)15-7-9-18(29-2)10-8-15/h3-10,12,14H,1,11,13H2,2H3. The summed E-state index contributed by atoms with van der Waals surface area (Å²) in [5.41, 5.74) is -0.0957. The van der Waals surface area contributed by atoms with Crippen molar-refractivity contribution in [3.8, 4) is 17.2 Å². The van der Waals surface area contributed by atoms with E-state index in [1.165, 1.54) is 19.4 Å². The first kappa shape index (κ1) is 22.6. The lowest BCUT2D eigenvalue weighted by Gasteiger charge is -2.20. The summed E-state index contributed by atoms with van der Waals surface area (Å²) in [6, 6.07) is 10.5. The number of alkyl halides is 3. The summed E-state index contributed by atoms with van der Waals surface area (Å²) in [6.45, 7) is 3.21. The summed E-state index contributed by atoms with van der Waals surface area (Å²) in [5.74, 6) is 0.924. The van der Waals surface area contributed by atoms with Crippen LogP contribution in [0.4, 0.5) is 13.2 Å². The van der Waals surface area contributed by atoms with Crippen molar-refractivity contribution in [2.24, 2.45) is 0 Å². The number of halogens is 3. The van der Waals surface area contributed by atoms with Crippen molar-refractivity contribution in [3.63, 3.8) is 0 Å². The Bertz CT molecular complexity index is 1160. The molecule has 3 aromatic rings. The van der Waals surface area contributed by atoms with E-state index in [1.54, 1.807) is 24.3 Å². The van der Waals surface area contributed by atoms with E-state index in [2.05, 4.69) is 11.6 Å². The van der Waals surface area contributed by atoms with E-state index < -0.39 is 26.7 Å². The van der Waals surface area contributed by atoms with Gasteiger partial charge in [-0.1, -0.05) is 12.1 Å². The second kappa shape index (κ2) is 8.94. The van der Waals surface area contributed by atoms with Gasteiger partial charge in [0.2, 0.25) is 15.9 Å². The highest BCUT2D eigenvalue weighted by molar-refractivity contribution is 7.89. The van der Waals surface area contributed by atoms with Gasteiger partial charge in [0.15, 0.2) is 0 Å². The fourth-order valence-electron chi connectivity index (χ4n) is 2.80. The van der Waals surface area contributed by atoms with Gasteiger partial charge in [-0.3, -0.25) is 0 Å². The summed E-state index contributed by atoms with van der Waals surface area (Å²) >= 11 is 0. The first-order valence-electron chi connectivity index (χ1n) is 9.02. The van der Waals surface area contributed by atoms with E-state index in [9.17, 15) is 21.6 Å².